The average Bonchev–Trinajstić information content (AvgIpc) is 3.43. The molecule has 0 fully saturated rings. The number of para-hydroxylation sites is 2. The van der Waals surface area contributed by atoms with Gasteiger partial charge in [0.1, 0.15) is 11.5 Å². The van der Waals surface area contributed by atoms with E-state index >= 15 is 0 Å². The normalized spacial score (nSPS) is 11.5. The summed E-state index contributed by atoms with van der Waals surface area (Å²) in [4.78, 5) is 0. The topological polar surface area (TPSA) is 87.2 Å². The smallest absolute Gasteiger partial charge is 0.204 e. The summed E-state index contributed by atoms with van der Waals surface area (Å²) in [5.41, 5.74) is 1.53. The molecule has 0 radical (unpaired) electrons. The fourth-order valence-electron chi connectivity index (χ4n) is 3.24. The lowest BCUT2D eigenvalue weighted by Crippen LogP contribution is -2.15. The van der Waals surface area contributed by atoms with E-state index in [0.717, 1.165) is 5.56 Å². The second kappa shape index (κ2) is 8.95. The summed E-state index contributed by atoms with van der Waals surface area (Å²) in [7, 11) is -1.92. The number of sulfone groups is 1. The number of hydrogen-bond acceptors (Lipinski definition) is 6. The van der Waals surface area contributed by atoms with E-state index in [1.165, 1.54) is 6.26 Å². The molecule has 160 valence electrons. The Hall–Kier alpha value is -3.10. The van der Waals surface area contributed by atoms with Gasteiger partial charge in [0.05, 0.1) is 24.8 Å². The number of benzene rings is 2. The molecule has 0 N–H and O–H groups in total. The molecule has 2 aromatic carbocycles. The van der Waals surface area contributed by atoms with Crippen molar-refractivity contribution in [3.63, 3.8) is 0 Å². The number of nitrogens with zero attached hydrogens (tertiary/aromatic N) is 3. The van der Waals surface area contributed by atoms with Gasteiger partial charge in [-0.1, -0.05) is 35.9 Å². The number of methoxy groups -OCH3 is 1. The zero-order valence-electron chi connectivity index (χ0n) is 16.7. The molecule has 0 saturated carbocycles. The lowest BCUT2D eigenvalue weighted by atomic mass is 10.2. The number of aromatic nitrogens is 3. The lowest BCUT2D eigenvalue weighted by Gasteiger charge is -2.13. The predicted octanol–water partition coefficient (Wildman–Crippen LogP) is 4.35. The van der Waals surface area contributed by atoms with Gasteiger partial charge < -0.3 is 9.15 Å². The van der Waals surface area contributed by atoms with E-state index in [9.17, 15) is 8.42 Å². The van der Waals surface area contributed by atoms with E-state index in [2.05, 4.69) is 10.2 Å². The van der Waals surface area contributed by atoms with Crippen LogP contribution in [0.1, 0.15) is 11.4 Å². The lowest BCUT2D eigenvalue weighted by molar-refractivity contribution is 0.412. The Labute approximate surface area is 185 Å². The van der Waals surface area contributed by atoms with Crippen LogP contribution < -0.4 is 4.74 Å². The molecular formula is C22H20ClN3O4S. The molecule has 0 atom stereocenters. The molecule has 0 spiro atoms. The summed E-state index contributed by atoms with van der Waals surface area (Å²) in [5.74, 6) is 1.43. The number of ether oxygens (including phenoxy) is 1. The maximum atomic E-state index is 12.9. The van der Waals surface area contributed by atoms with Crippen molar-refractivity contribution in [2.45, 2.75) is 12.2 Å². The summed E-state index contributed by atoms with van der Waals surface area (Å²) < 4.78 is 38.5. The summed E-state index contributed by atoms with van der Waals surface area (Å²) in [5, 5.41) is 9.00. The molecule has 0 bridgehead atoms. The number of furan rings is 1. The van der Waals surface area contributed by atoms with Gasteiger partial charge in [-0.25, -0.2) is 8.42 Å². The number of halogens is 1. The zero-order chi connectivity index (χ0) is 21.8. The van der Waals surface area contributed by atoms with Crippen molar-refractivity contribution in [3.05, 3.63) is 83.3 Å². The molecule has 0 unspecified atom stereocenters. The maximum absolute atomic E-state index is 12.9. The maximum Gasteiger partial charge on any atom is 0.204 e. The first-order chi connectivity index (χ1) is 15.0. The standard InChI is InChI=1S/C22H20ClN3O4S/c1-29-19-6-3-2-5-18(19)26-21(24-25-22(26)20-7-4-13-30-20)15-31(27,28)14-12-16-8-10-17(23)11-9-16/h2-11,13H,12,14-15H2,1H3. The second-order valence-corrected chi connectivity index (χ2v) is 9.51. The molecular weight excluding hydrogens is 438 g/mol. The van der Waals surface area contributed by atoms with Crippen molar-refractivity contribution in [1.29, 1.82) is 0 Å². The number of rotatable bonds is 8. The highest BCUT2D eigenvalue weighted by Crippen LogP contribution is 2.30. The van der Waals surface area contributed by atoms with E-state index in [0.29, 0.717) is 34.5 Å². The van der Waals surface area contributed by atoms with Gasteiger partial charge in [0.25, 0.3) is 0 Å². The molecule has 0 amide bonds. The van der Waals surface area contributed by atoms with E-state index in [1.54, 1.807) is 42.0 Å². The molecule has 9 heteroatoms. The highest BCUT2D eigenvalue weighted by molar-refractivity contribution is 7.90. The Bertz CT molecular complexity index is 1270. The Morgan fingerprint density at radius 3 is 2.52 bits per heavy atom. The van der Waals surface area contributed by atoms with Gasteiger partial charge in [0, 0.05) is 5.02 Å². The first-order valence-corrected chi connectivity index (χ1v) is 11.7. The molecule has 4 aromatic rings. The highest BCUT2D eigenvalue weighted by Gasteiger charge is 2.24. The van der Waals surface area contributed by atoms with Crippen LogP contribution in [-0.2, 0) is 22.0 Å². The molecule has 2 aromatic heterocycles. The third-order valence-corrected chi connectivity index (χ3v) is 6.54. The minimum atomic E-state index is -3.48. The quantitative estimate of drug-likeness (QED) is 0.391. The summed E-state index contributed by atoms with van der Waals surface area (Å²) in [6.45, 7) is 0. The van der Waals surface area contributed by atoms with Crippen molar-refractivity contribution in [1.82, 2.24) is 14.8 Å². The first-order valence-electron chi connectivity index (χ1n) is 9.53. The molecule has 7 nitrogen and oxygen atoms in total. The SMILES string of the molecule is COc1ccccc1-n1c(CS(=O)(=O)CCc2ccc(Cl)cc2)nnc1-c1ccco1. The van der Waals surface area contributed by atoms with Crippen LogP contribution >= 0.6 is 11.6 Å². The Morgan fingerprint density at radius 2 is 1.81 bits per heavy atom. The fraction of sp³-hybridized carbons (Fsp3) is 0.182. The largest absolute Gasteiger partial charge is 0.495 e. The van der Waals surface area contributed by atoms with Gasteiger partial charge in [0.2, 0.25) is 5.82 Å². The first kappa shape index (κ1) is 21.1. The van der Waals surface area contributed by atoms with Crippen LogP contribution in [0.2, 0.25) is 5.02 Å². The van der Waals surface area contributed by atoms with Gasteiger partial charge in [-0.2, -0.15) is 0 Å². The fourth-order valence-corrected chi connectivity index (χ4v) is 4.63. The number of aryl methyl sites for hydroxylation is 1. The van der Waals surface area contributed by atoms with E-state index in [-0.39, 0.29) is 17.3 Å². The van der Waals surface area contributed by atoms with Crippen LogP contribution in [0.5, 0.6) is 5.75 Å². The molecule has 31 heavy (non-hydrogen) atoms. The third-order valence-electron chi connectivity index (χ3n) is 4.76. The summed E-state index contributed by atoms with van der Waals surface area (Å²) in [6, 6.07) is 17.9. The Kier molecular flexibility index (Phi) is 6.11. The van der Waals surface area contributed by atoms with Gasteiger partial charge in [0.15, 0.2) is 21.4 Å². The van der Waals surface area contributed by atoms with Crippen LogP contribution in [0.15, 0.2) is 71.3 Å². The van der Waals surface area contributed by atoms with Crippen LogP contribution in [0.25, 0.3) is 17.3 Å². The second-order valence-electron chi connectivity index (χ2n) is 6.89. The van der Waals surface area contributed by atoms with Gasteiger partial charge >= 0.3 is 0 Å². The molecule has 0 saturated heterocycles. The zero-order valence-corrected chi connectivity index (χ0v) is 18.3. The van der Waals surface area contributed by atoms with Crippen molar-refractivity contribution in [3.8, 4) is 23.0 Å². The van der Waals surface area contributed by atoms with E-state index < -0.39 is 9.84 Å². The van der Waals surface area contributed by atoms with Gasteiger partial charge in [-0.15, -0.1) is 10.2 Å². The third kappa shape index (κ3) is 4.81. The minimum absolute atomic E-state index is 0.0243. The van der Waals surface area contributed by atoms with E-state index in [4.69, 9.17) is 20.8 Å². The number of hydrogen-bond donors (Lipinski definition) is 0. The average molecular weight is 458 g/mol. The molecule has 0 aliphatic rings. The minimum Gasteiger partial charge on any atom is -0.495 e. The van der Waals surface area contributed by atoms with Crippen LogP contribution in [0, 0.1) is 0 Å². The van der Waals surface area contributed by atoms with Crippen molar-refractivity contribution in [2.75, 3.05) is 12.9 Å². The van der Waals surface area contributed by atoms with Gasteiger partial charge in [-0.3, -0.25) is 4.57 Å². The monoisotopic (exact) mass is 457 g/mol. The van der Waals surface area contributed by atoms with Crippen LogP contribution in [0.4, 0.5) is 0 Å². The van der Waals surface area contributed by atoms with Crippen molar-refractivity contribution < 1.29 is 17.6 Å². The summed E-state index contributed by atoms with van der Waals surface area (Å²) in [6.07, 6.45) is 1.91. The van der Waals surface area contributed by atoms with Gasteiger partial charge in [-0.05, 0) is 48.4 Å². The van der Waals surface area contributed by atoms with Crippen LogP contribution in [-0.4, -0.2) is 36.0 Å². The molecule has 0 aliphatic carbocycles. The highest BCUT2D eigenvalue weighted by atomic mass is 35.5. The van der Waals surface area contributed by atoms with Crippen molar-refractivity contribution in [2.24, 2.45) is 0 Å². The molecule has 0 aliphatic heterocycles. The summed E-state index contributed by atoms with van der Waals surface area (Å²) >= 11 is 5.90. The molecule has 4 rings (SSSR count). The Morgan fingerprint density at radius 1 is 1.03 bits per heavy atom. The van der Waals surface area contributed by atoms with Crippen molar-refractivity contribution >= 4 is 21.4 Å². The Balaban J connectivity index is 1.67. The van der Waals surface area contributed by atoms with E-state index in [1.807, 2.05) is 30.3 Å². The van der Waals surface area contributed by atoms with Crippen LogP contribution in [0.3, 0.4) is 0 Å². The predicted molar refractivity (Wildman–Crippen MR) is 118 cm³/mol. The molecule has 2 heterocycles.